The average Bonchev–Trinajstić information content (AvgIpc) is 3.22. The van der Waals surface area contributed by atoms with Gasteiger partial charge in [0.05, 0.1) is 30.9 Å². The highest BCUT2D eigenvalue weighted by Gasteiger charge is 2.03. The molecule has 0 fully saturated rings. The number of benzene rings is 2. The van der Waals surface area contributed by atoms with Gasteiger partial charge in [-0.15, -0.1) is 0 Å². The summed E-state index contributed by atoms with van der Waals surface area (Å²) in [6, 6.07) is 13.9. The van der Waals surface area contributed by atoms with Crippen LogP contribution in [0.15, 0.2) is 72.5 Å². The molecule has 27 heavy (non-hydrogen) atoms. The van der Waals surface area contributed by atoms with E-state index in [-0.39, 0.29) is 0 Å². The second-order valence-corrected chi connectivity index (χ2v) is 6.13. The third-order valence-electron chi connectivity index (χ3n) is 4.35. The van der Waals surface area contributed by atoms with Gasteiger partial charge in [0.25, 0.3) is 0 Å². The Hall–Kier alpha value is -3.67. The van der Waals surface area contributed by atoms with Gasteiger partial charge in [-0.3, -0.25) is 10.4 Å². The minimum atomic E-state index is 0.782. The van der Waals surface area contributed by atoms with Crippen LogP contribution in [0.3, 0.4) is 0 Å². The maximum Gasteiger partial charge on any atom is 0.121 e. The first-order valence-electron chi connectivity index (χ1n) is 8.55. The Morgan fingerprint density at radius 2 is 2.04 bits per heavy atom. The molecule has 0 amide bonds. The number of aryl methyl sites for hydroxylation is 1. The van der Waals surface area contributed by atoms with Crippen LogP contribution in [-0.2, 0) is 0 Å². The molecule has 2 aromatic carbocycles. The highest BCUT2D eigenvalue weighted by molar-refractivity contribution is 5.92. The topological polar surface area (TPSA) is 64.3 Å². The molecule has 0 saturated heterocycles. The van der Waals surface area contributed by atoms with Crippen molar-refractivity contribution in [2.24, 2.45) is 5.10 Å². The van der Waals surface area contributed by atoms with Crippen molar-refractivity contribution in [1.82, 2.24) is 14.5 Å². The smallest absolute Gasteiger partial charge is 0.121 e. The predicted octanol–water partition coefficient (Wildman–Crippen LogP) is 4.18. The van der Waals surface area contributed by atoms with Gasteiger partial charge in [-0.2, -0.15) is 5.10 Å². The number of nitrogens with one attached hydrogen (secondary N) is 1. The van der Waals surface area contributed by atoms with Gasteiger partial charge in [-0.1, -0.05) is 6.07 Å². The Labute approximate surface area is 157 Å². The van der Waals surface area contributed by atoms with Crippen molar-refractivity contribution in [1.29, 1.82) is 0 Å². The van der Waals surface area contributed by atoms with E-state index >= 15 is 0 Å². The number of rotatable bonds is 5. The molecule has 0 aliphatic heterocycles. The Kier molecular flexibility index (Phi) is 4.53. The zero-order valence-electron chi connectivity index (χ0n) is 15.1. The summed E-state index contributed by atoms with van der Waals surface area (Å²) in [7, 11) is 1.65. The van der Waals surface area contributed by atoms with Crippen LogP contribution in [0.25, 0.3) is 16.6 Å². The average molecular weight is 357 g/mol. The second-order valence-electron chi connectivity index (χ2n) is 6.13. The van der Waals surface area contributed by atoms with E-state index < -0.39 is 0 Å². The number of methoxy groups -OCH3 is 1. The molecule has 2 aromatic heterocycles. The molecule has 6 heteroatoms. The first-order valence-corrected chi connectivity index (χ1v) is 8.55. The molecule has 0 spiro atoms. The molecule has 1 N–H and O–H groups in total. The van der Waals surface area contributed by atoms with Crippen LogP contribution in [0.5, 0.6) is 5.75 Å². The van der Waals surface area contributed by atoms with Gasteiger partial charge in [-0.25, -0.2) is 4.98 Å². The van der Waals surface area contributed by atoms with E-state index in [9.17, 15) is 0 Å². The van der Waals surface area contributed by atoms with Crippen molar-refractivity contribution >= 4 is 22.8 Å². The monoisotopic (exact) mass is 357 g/mol. The van der Waals surface area contributed by atoms with Crippen molar-refractivity contribution in [2.75, 3.05) is 12.5 Å². The van der Waals surface area contributed by atoms with Crippen LogP contribution >= 0.6 is 0 Å². The molecule has 0 bridgehead atoms. The highest BCUT2D eigenvalue weighted by atomic mass is 16.5. The molecule has 0 atom stereocenters. The standard InChI is InChI=1S/C21H19N5O/c1-15-11-16(3-6-21(15)26-10-9-22-14-26)13-24-25-19-7-8-23-20-12-17(27-2)4-5-18(19)20/h3-14H,1-2H3,(H,23,25)/b24-13+. The zero-order valence-corrected chi connectivity index (χ0v) is 15.1. The van der Waals surface area contributed by atoms with Crippen LogP contribution in [0.1, 0.15) is 11.1 Å². The van der Waals surface area contributed by atoms with Gasteiger partial charge in [0, 0.05) is 35.7 Å². The van der Waals surface area contributed by atoms with Crippen molar-refractivity contribution < 1.29 is 4.74 Å². The molecule has 2 heterocycles. The molecule has 0 unspecified atom stereocenters. The van der Waals surface area contributed by atoms with Crippen LogP contribution < -0.4 is 10.2 Å². The second kappa shape index (κ2) is 7.29. The summed E-state index contributed by atoms with van der Waals surface area (Å²) in [5, 5.41) is 5.37. The number of ether oxygens (including phenoxy) is 1. The van der Waals surface area contributed by atoms with Crippen molar-refractivity contribution in [3.63, 3.8) is 0 Å². The number of fused-ring (bicyclic) bond motifs is 1. The van der Waals surface area contributed by atoms with Crippen LogP contribution in [-0.4, -0.2) is 27.9 Å². The summed E-state index contributed by atoms with van der Waals surface area (Å²) in [6.45, 7) is 2.07. The lowest BCUT2D eigenvalue weighted by molar-refractivity contribution is 0.415. The minimum absolute atomic E-state index is 0.782. The maximum atomic E-state index is 5.25. The fraction of sp³-hybridized carbons (Fsp3) is 0.0952. The third-order valence-corrected chi connectivity index (χ3v) is 4.35. The summed E-state index contributed by atoms with van der Waals surface area (Å²) in [5.41, 5.74) is 8.13. The Balaban J connectivity index is 1.54. The van der Waals surface area contributed by atoms with E-state index in [0.29, 0.717) is 0 Å². The fourth-order valence-electron chi connectivity index (χ4n) is 2.98. The Morgan fingerprint density at radius 1 is 1.11 bits per heavy atom. The first-order chi connectivity index (χ1) is 13.2. The quantitative estimate of drug-likeness (QED) is 0.430. The molecular formula is C21H19N5O. The molecular weight excluding hydrogens is 338 g/mol. The fourth-order valence-corrected chi connectivity index (χ4v) is 2.98. The number of hydrazone groups is 1. The van der Waals surface area contributed by atoms with Gasteiger partial charge in [0.15, 0.2) is 0 Å². The normalized spacial score (nSPS) is 11.2. The predicted molar refractivity (Wildman–Crippen MR) is 108 cm³/mol. The Morgan fingerprint density at radius 3 is 2.81 bits per heavy atom. The zero-order chi connectivity index (χ0) is 18.6. The SMILES string of the molecule is COc1ccc2c(N/N=C/c3ccc(-n4ccnc4)c(C)c3)ccnc2c1. The lowest BCUT2D eigenvalue weighted by Gasteiger charge is -2.08. The molecule has 0 saturated carbocycles. The summed E-state index contributed by atoms with van der Waals surface area (Å²) in [6.07, 6.45) is 9.06. The molecule has 0 aliphatic rings. The van der Waals surface area contributed by atoms with Crippen molar-refractivity contribution in [3.05, 3.63) is 78.5 Å². The highest BCUT2D eigenvalue weighted by Crippen LogP contribution is 2.25. The lowest BCUT2D eigenvalue weighted by Crippen LogP contribution is -1.96. The summed E-state index contributed by atoms with van der Waals surface area (Å²) in [5.74, 6) is 0.782. The number of aromatic nitrogens is 3. The number of hydrogen-bond donors (Lipinski definition) is 1. The van der Waals surface area contributed by atoms with Gasteiger partial charge >= 0.3 is 0 Å². The van der Waals surface area contributed by atoms with E-state index in [1.807, 2.05) is 41.1 Å². The van der Waals surface area contributed by atoms with E-state index in [1.54, 1.807) is 32.0 Å². The minimum Gasteiger partial charge on any atom is -0.497 e. The lowest BCUT2D eigenvalue weighted by atomic mass is 10.1. The van der Waals surface area contributed by atoms with Crippen LogP contribution in [0, 0.1) is 6.92 Å². The number of anilines is 1. The summed E-state index contributed by atoms with van der Waals surface area (Å²) in [4.78, 5) is 8.48. The summed E-state index contributed by atoms with van der Waals surface area (Å²) < 4.78 is 7.25. The van der Waals surface area contributed by atoms with Gasteiger partial charge in [0.1, 0.15) is 5.75 Å². The van der Waals surface area contributed by atoms with Crippen LogP contribution in [0.2, 0.25) is 0 Å². The number of imidazole rings is 1. The van der Waals surface area contributed by atoms with Crippen molar-refractivity contribution in [3.8, 4) is 11.4 Å². The molecule has 6 nitrogen and oxygen atoms in total. The Bertz CT molecular complexity index is 1100. The van der Waals surface area contributed by atoms with Gasteiger partial charge < -0.3 is 9.30 Å². The molecule has 0 aliphatic carbocycles. The van der Waals surface area contributed by atoms with Gasteiger partial charge in [-0.05, 0) is 48.4 Å². The first kappa shape index (κ1) is 16.8. The number of hydrogen-bond acceptors (Lipinski definition) is 5. The largest absolute Gasteiger partial charge is 0.497 e. The summed E-state index contributed by atoms with van der Waals surface area (Å²) >= 11 is 0. The molecule has 4 aromatic rings. The van der Waals surface area contributed by atoms with Gasteiger partial charge in [0.2, 0.25) is 0 Å². The number of pyridine rings is 1. The maximum absolute atomic E-state index is 5.25. The van der Waals surface area contributed by atoms with E-state index in [1.165, 1.54) is 0 Å². The number of nitrogens with zero attached hydrogens (tertiary/aromatic N) is 4. The molecule has 0 radical (unpaired) electrons. The van der Waals surface area contributed by atoms with Crippen molar-refractivity contribution in [2.45, 2.75) is 6.92 Å². The molecule has 134 valence electrons. The van der Waals surface area contributed by atoms with E-state index in [4.69, 9.17) is 4.74 Å². The van der Waals surface area contributed by atoms with E-state index in [0.717, 1.165) is 39.2 Å². The van der Waals surface area contributed by atoms with Crippen LogP contribution in [0.4, 0.5) is 5.69 Å². The molecule has 4 rings (SSSR count). The van der Waals surface area contributed by atoms with E-state index in [2.05, 4.69) is 39.6 Å². The third kappa shape index (κ3) is 3.50.